The van der Waals surface area contributed by atoms with Crippen molar-refractivity contribution in [1.82, 2.24) is 0 Å². The summed E-state index contributed by atoms with van der Waals surface area (Å²) in [6.45, 7) is 1.72. The molecule has 1 amide bonds. The number of aryl methyl sites for hydroxylation is 1. The van der Waals surface area contributed by atoms with Crippen molar-refractivity contribution in [1.29, 1.82) is 0 Å². The molecule has 0 bridgehead atoms. The van der Waals surface area contributed by atoms with Gasteiger partial charge in [-0.1, -0.05) is 11.6 Å². The van der Waals surface area contributed by atoms with Crippen LogP contribution in [0.4, 0.5) is 15.8 Å². The van der Waals surface area contributed by atoms with E-state index in [1.165, 1.54) is 36.4 Å². The first kappa shape index (κ1) is 14.5. The third kappa shape index (κ3) is 3.17. The molecular formula is C15H13FN2O3. The lowest BCUT2D eigenvalue weighted by Crippen LogP contribution is -2.16. The van der Waals surface area contributed by atoms with Crippen molar-refractivity contribution < 1.29 is 19.1 Å². The van der Waals surface area contributed by atoms with Gasteiger partial charge in [0.1, 0.15) is 5.82 Å². The molecule has 0 unspecified atom stereocenters. The number of carbonyl (C=O) groups excluding carboxylic acids is 1. The number of nitrogen functional groups attached to an aromatic ring is 1. The van der Waals surface area contributed by atoms with Gasteiger partial charge >= 0.3 is 5.97 Å². The number of halogens is 1. The third-order valence-corrected chi connectivity index (χ3v) is 2.89. The molecule has 2 aromatic carbocycles. The number of anilines is 2. The van der Waals surface area contributed by atoms with Gasteiger partial charge in [-0.2, -0.15) is 0 Å². The molecule has 0 radical (unpaired) electrons. The van der Waals surface area contributed by atoms with Crippen LogP contribution in [0.25, 0.3) is 0 Å². The lowest BCUT2D eigenvalue weighted by atomic mass is 10.1. The van der Waals surface area contributed by atoms with Crippen LogP contribution in [0.15, 0.2) is 36.4 Å². The molecule has 6 heteroatoms. The monoisotopic (exact) mass is 288 g/mol. The van der Waals surface area contributed by atoms with E-state index in [9.17, 15) is 14.0 Å². The van der Waals surface area contributed by atoms with Gasteiger partial charge in [-0.15, -0.1) is 0 Å². The largest absolute Gasteiger partial charge is 0.478 e. The van der Waals surface area contributed by atoms with Gasteiger partial charge < -0.3 is 16.2 Å². The Hall–Kier alpha value is -2.89. The van der Waals surface area contributed by atoms with Crippen molar-refractivity contribution in [3.05, 3.63) is 58.9 Å². The third-order valence-electron chi connectivity index (χ3n) is 2.89. The highest BCUT2D eigenvalue weighted by Crippen LogP contribution is 2.20. The van der Waals surface area contributed by atoms with Crippen molar-refractivity contribution in [3.63, 3.8) is 0 Å². The Morgan fingerprint density at radius 3 is 2.52 bits per heavy atom. The van der Waals surface area contributed by atoms with Crippen LogP contribution in [0.5, 0.6) is 0 Å². The fraction of sp³-hybridized carbons (Fsp3) is 0.0667. The number of aromatic carboxylic acids is 1. The van der Waals surface area contributed by atoms with E-state index in [4.69, 9.17) is 10.8 Å². The summed E-state index contributed by atoms with van der Waals surface area (Å²) in [6, 6.07) is 8.16. The van der Waals surface area contributed by atoms with Crippen LogP contribution in [0.3, 0.4) is 0 Å². The molecule has 0 aliphatic heterocycles. The highest BCUT2D eigenvalue weighted by molar-refractivity contribution is 6.08. The predicted molar refractivity (Wildman–Crippen MR) is 76.9 cm³/mol. The van der Waals surface area contributed by atoms with E-state index in [1.807, 2.05) is 0 Å². The van der Waals surface area contributed by atoms with Gasteiger partial charge in [0.05, 0.1) is 16.8 Å². The summed E-state index contributed by atoms with van der Waals surface area (Å²) in [7, 11) is 0. The maximum Gasteiger partial charge on any atom is 0.337 e. The van der Waals surface area contributed by atoms with Gasteiger partial charge in [-0.3, -0.25) is 4.79 Å². The molecule has 0 fully saturated rings. The number of rotatable bonds is 3. The zero-order valence-corrected chi connectivity index (χ0v) is 11.2. The van der Waals surface area contributed by atoms with E-state index in [1.54, 1.807) is 6.92 Å². The summed E-state index contributed by atoms with van der Waals surface area (Å²) >= 11 is 0. The first-order valence-corrected chi connectivity index (χ1v) is 6.09. The van der Waals surface area contributed by atoms with Crippen LogP contribution in [0, 0.1) is 12.7 Å². The second-order valence-electron chi connectivity index (χ2n) is 4.55. The Morgan fingerprint density at radius 2 is 1.86 bits per heavy atom. The van der Waals surface area contributed by atoms with Crippen LogP contribution in [0.1, 0.15) is 26.3 Å². The van der Waals surface area contributed by atoms with Crippen molar-refractivity contribution in [2.75, 3.05) is 11.1 Å². The van der Waals surface area contributed by atoms with Crippen LogP contribution < -0.4 is 11.1 Å². The molecule has 0 atom stereocenters. The van der Waals surface area contributed by atoms with Gasteiger partial charge in [-0.25, -0.2) is 9.18 Å². The summed E-state index contributed by atoms with van der Waals surface area (Å²) in [5.41, 5.74) is 6.24. The maximum atomic E-state index is 13.6. The average Bonchev–Trinajstić information content (AvgIpc) is 2.43. The van der Waals surface area contributed by atoms with E-state index in [2.05, 4.69) is 5.32 Å². The zero-order chi connectivity index (χ0) is 15.6. The molecule has 21 heavy (non-hydrogen) atoms. The lowest BCUT2D eigenvalue weighted by molar-refractivity contribution is 0.0698. The van der Waals surface area contributed by atoms with Crippen molar-refractivity contribution in [2.24, 2.45) is 0 Å². The Labute approximate surface area is 120 Å². The van der Waals surface area contributed by atoms with E-state index in [0.29, 0.717) is 0 Å². The van der Waals surface area contributed by atoms with E-state index < -0.39 is 17.7 Å². The van der Waals surface area contributed by atoms with Gasteiger partial charge in [0.15, 0.2) is 0 Å². The van der Waals surface area contributed by atoms with Gasteiger partial charge in [-0.05, 0) is 37.3 Å². The highest BCUT2D eigenvalue weighted by Gasteiger charge is 2.16. The average molecular weight is 288 g/mol. The number of benzene rings is 2. The molecule has 5 nitrogen and oxygen atoms in total. The minimum atomic E-state index is -1.23. The lowest BCUT2D eigenvalue weighted by Gasteiger charge is -2.10. The number of nitrogens with one attached hydrogen (secondary N) is 1. The SMILES string of the molecule is Cc1ccc(F)c(C(=O)Nc2ccc(N)cc2C(=O)O)c1. The summed E-state index contributed by atoms with van der Waals surface area (Å²) in [5, 5.41) is 11.5. The number of carboxylic acids is 1. The quantitative estimate of drug-likeness (QED) is 0.757. The molecule has 0 spiro atoms. The van der Waals surface area contributed by atoms with Crippen molar-refractivity contribution >= 4 is 23.3 Å². The zero-order valence-electron chi connectivity index (χ0n) is 11.2. The van der Waals surface area contributed by atoms with Crippen LogP contribution in [0.2, 0.25) is 0 Å². The Morgan fingerprint density at radius 1 is 1.14 bits per heavy atom. The summed E-state index contributed by atoms with van der Waals surface area (Å²) in [6.07, 6.45) is 0. The summed E-state index contributed by atoms with van der Waals surface area (Å²) in [4.78, 5) is 23.2. The molecule has 0 saturated heterocycles. The Bertz CT molecular complexity index is 729. The second kappa shape index (κ2) is 5.62. The highest BCUT2D eigenvalue weighted by atomic mass is 19.1. The molecule has 2 aromatic rings. The molecule has 0 heterocycles. The predicted octanol–water partition coefficient (Wildman–Crippen LogP) is 2.67. The number of hydrogen-bond donors (Lipinski definition) is 3. The maximum absolute atomic E-state index is 13.6. The van der Waals surface area contributed by atoms with Crippen LogP contribution >= 0.6 is 0 Å². The summed E-state index contributed by atoms with van der Waals surface area (Å²) < 4.78 is 13.6. The molecule has 4 N–H and O–H groups in total. The first-order valence-electron chi connectivity index (χ1n) is 6.09. The van der Waals surface area contributed by atoms with E-state index >= 15 is 0 Å². The number of carboxylic acid groups (broad SMARTS) is 1. The minimum Gasteiger partial charge on any atom is -0.478 e. The van der Waals surface area contributed by atoms with E-state index in [0.717, 1.165) is 5.56 Å². The van der Waals surface area contributed by atoms with Gasteiger partial charge in [0.25, 0.3) is 5.91 Å². The molecule has 108 valence electrons. The van der Waals surface area contributed by atoms with Gasteiger partial charge in [0, 0.05) is 5.69 Å². The fourth-order valence-electron chi connectivity index (χ4n) is 1.85. The van der Waals surface area contributed by atoms with E-state index in [-0.39, 0.29) is 22.5 Å². The Kier molecular flexibility index (Phi) is 3.89. The fourth-order valence-corrected chi connectivity index (χ4v) is 1.85. The smallest absolute Gasteiger partial charge is 0.337 e. The van der Waals surface area contributed by atoms with Gasteiger partial charge in [0.2, 0.25) is 0 Å². The molecule has 0 saturated carbocycles. The number of amides is 1. The molecule has 0 aliphatic rings. The molecule has 0 aliphatic carbocycles. The Balaban J connectivity index is 2.36. The molecular weight excluding hydrogens is 275 g/mol. The number of carbonyl (C=O) groups is 2. The van der Waals surface area contributed by atoms with Crippen molar-refractivity contribution in [2.45, 2.75) is 6.92 Å². The van der Waals surface area contributed by atoms with Crippen LogP contribution in [-0.4, -0.2) is 17.0 Å². The standard InChI is InChI=1S/C15H13FN2O3/c1-8-2-4-12(16)10(6-8)14(19)18-13-5-3-9(17)7-11(13)15(20)21/h2-7H,17H2,1H3,(H,18,19)(H,20,21). The summed E-state index contributed by atoms with van der Waals surface area (Å²) in [5.74, 6) is -2.63. The molecule has 0 aromatic heterocycles. The normalized spacial score (nSPS) is 10.2. The topological polar surface area (TPSA) is 92.4 Å². The number of nitrogens with two attached hydrogens (primary N) is 1. The second-order valence-corrected chi connectivity index (χ2v) is 4.55. The number of hydrogen-bond acceptors (Lipinski definition) is 3. The van der Waals surface area contributed by atoms with Crippen LogP contribution in [-0.2, 0) is 0 Å². The van der Waals surface area contributed by atoms with Crippen molar-refractivity contribution in [3.8, 4) is 0 Å². The minimum absolute atomic E-state index is 0.0580. The first-order chi connectivity index (χ1) is 9.88. The molecule has 2 rings (SSSR count).